The predicted octanol–water partition coefficient (Wildman–Crippen LogP) is 3.26. The molecule has 1 heterocycles. The van der Waals surface area contributed by atoms with E-state index in [0.29, 0.717) is 35.3 Å². The van der Waals surface area contributed by atoms with E-state index in [-0.39, 0.29) is 18.3 Å². The largest absolute Gasteiger partial charge is 0.495 e. The summed E-state index contributed by atoms with van der Waals surface area (Å²) in [5.41, 5.74) is 2.11. The maximum Gasteiger partial charge on any atom is 0.247 e. The van der Waals surface area contributed by atoms with E-state index in [1.807, 2.05) is 11.9 Å². The number of hydrogen-bond acceptors (Lipinski definition) is 6. The minimum absolute atomic E-state index is 0.157. The Balaban J connectivity index is 1.67. The van der Waals surface area contributed by atoms with E-state index in [0.717, 1.165) is 5.56 Å². The topological polar surface area (TPSA) is 80.5 Å². The van der Waals surface area contributed by atoms with E-state index in [2.05, 4.69) is 15.5 Å². The van der Waals surface area contributed by atoms with Crippen LogP contribution in [0.1, 0.15) is 11.5 Å². The van der Waals surface area contributed by atoms with Crippen LogP contribution in [0.4, 0.5) is 10.1 Å². The van der Waals surface area contributed by atoms with E-state index in [1.54, 1.807) is 37.3 Å². The molecule has 0 bridgehead atoms. The lowest BCUT2D eigenvalue weighted by Crippen LogP contribution is -2.30. The zero-order valence-corrected chi connectivity index (χ0v) is 15.9. The molecule has 0 aliphatic heterocycles. The Morgan fingerprint density at radius 3 is 2.61 bits per heavy atom. The zero-order chi connectivity index (χ0) is 20.1. The monoisotopic (exact) mass is 384 g/mol. The van der Waals surface area contributed by atoms with Crippen LogP contribution in [0.5, 0.6) is 5.75 Å². The first-order valence-electron chi connectivity index (χ1n) is 8.66. The van der Waals surface area contributed by atoms with E-state index in [1.165, 1.54) is 19.2 Å². The van der Waals surface area contributed by atoms with Crippen molar-refractivity contribution >= 4 is 11.6 Å². The molecular formula is C20H21FN4O3. The number of hydrogen-bond donors (Lipinski definition) is 1. The minimum atomic E-state index is -0.285. The van der Waals surface area contributed by atoms with Crippen molar-refractivity contribution in [2.75, 3.05) is 26.0 Å². The van der Waals surface area contributed by atoms with Gasteiger partial charge in [0.25, 0.3) is 0 Å². The predicted molar refractivity (Wildman–Crippen MR) is 102 cm³/mol. The van der Waals surface area contributed by atoms with Crippen LogP contribution in [-0.4, -0.2) is 41.7 Å². The number of aryl methyl sites for hydroxylation is 1. The Bertz CT molecular complexity index is 956. The second-order valence-corrected chi connectivity index (χ2v) is 6.39. The number of carbonyl (C=O) groups excluding carboxylic acids is 1. The highest BCUT2D eigenvalue weighted by molar-refractivity contribution is 5.94. The minimum Gasteiger partial charge on any atom is -0.495 e. The van der Waals surface area contributed by atoms with Gasteiger partial charge < -0.3 is 14.5 Å². The van der Waals surface area contributed by atoms with Crippen molar-refractivity contribution in [2.24, 2.45) is 0 Å². The fraction of sp³-hybridized carbons (Fsp3) is 0.250. The molecule has 0 aliphatic carbocycles. The van der Waals surface area contributed by atoms with Crippen LogP contribution in [-0.2, 0) is 11.3 Å². The SMILES string of the molecule is COc1ccc(-c2nnc(C)o2)cc1NC(=O)CN(C)Cc1ccc(F)cc1. The maximum atomic E-state index is 13.0. The molecule has 28 heavy (non-hydrogen) atoms. The van der Waals surface area contributed by atoms with Crippen LogP contribution in [0.15, 0.2) is 46.9 Å². The molecule has 0 saturated carbocycles. The van der Waals surface area contributed by atoms with E-state index in [4.69, 9.17) is 9.15 Å². The number of nitrogens with one attached hydrogen (secondary N) is 1. The van der Waals surface area contributed by atoms with Crippen molar-refractivity contribution in [3.05, 3.63) is 59.7 Å². The molecule has 7 nitrogen and oxygen atoms in total. The lowest BCUT2D eigenvalue weighted by atomic mass is 10.2. The summed E-state index contributed by atoms with van der Waals surface area (Å²) in [5, 5.41) is 10.7. The summed E-state index contributed by atoms with van der Waals surface area (Å²) in [4.78, 5) is 14.3. The smallest absolute Gasteiger partial charge is 0.247 e. The fourth-order valence-electron chi connectivity index (χ4n) is 2.74. The first-order chi connectivity index (χ1) is 13.4. The number of methoxy groups -OCH3 is 1. The third-order valence-electron chi connectivity index (χ3n) is 4.03. The van der Waals surface area contributed by atoms with Gasteiger partial charge in [0.15, 0.2) is 0 Å². The molecule has 2 aromatic carbocycles. The van der Waals surface area contributed by atoms with Crippen LogP contribution >= 0.6 is 0 Å². The number of anilines is 1. The lowest BCUT2D eigenvalue weighted by Gasteiger charge is -2.17. The van der Waals surface area contributed by atoms with Gasteiger partial charge in [-0.2, -0.15) is 0 Å². The first-order valence-corrected chi connectivity index (χ1v) is 8.66. The molecule has 0 saturated heterocycles. The van der Waals surface area contributed by atoms with Crippen LogP contribution in [0.3, 0.4) is 0 Å². The Morgan fingerprint density at radius 2 is 1.96 bits per heavy atom. The zero-order valence-electron chi connectivity index (χ0n) is 15.9. The van der Waals surface area contributed by atoms with Crippen molar-refractivity contribution in [1.29, 1.82) is 0 Å². The van der Waals surface area contributed by atoms with Gasteiger partial charge in [0.05, 0.1) is 19.3 Å². The molecule has 0 aliphatic rings. The third kappa shape index (κ3) is 4.92. The molecular weight excluding hydrogens is 363 g/mol. The molecule has 146 valence electrons. The molecule has 3 aromatic rings. The van der Waals surface area contributed by atoms with Gasteiger partial charge in [-0.1, -0.05) is 12.1 Å². The van der Waals surface area contributed by atoms with Crippen molar-refractivity contribution in [2.45, 2.75) is 13.5 Å². The second kappa shape index (κ2) is 8.62. The number of carbonyl (C=O) groups is 1. The highest BCUT2D eigenvalue weighted by Crippen LogP contribution is 2.30. The molecule has 1 N–H and O–H groups in total. The highest BCUT2D eigenvalue weighted by Gasteiger charge is 2.14. The molecule has 8 heteroatoms. The summed E-state index contributed by atoms with van der Waals surface area (Å²) in [6, 6.07) is 11.4. The van der Waals surface area contributed by atoms with E-state index in [9.17, 15) is 9.18 Å². The van der Waals surface area contributed by atoms with E-state index >= 15 is 0 Å². The maximum absolute atomic E-state index is 13.0. The second-order valence-electron chi connectivity index (χ2n) is 6.39. The highest BCUT2D eigenvalue weighted by atomic mass is 19.1. The lowest BCUT2D eigenvalue weighted by molar-refractivity contribution is -0.117. The van der Waals surface area contributed by atoms with Gasteiger partial charge in [0.1, 0.15) is 11.6 Å². The number of likely N-dealkylation sites (N-methyl/N-ethyl adjacent to an activating group) is 1. The first kappa shape index (κ1) is 19.5. The van der Waals surface area contributed by atoms with Crippen LogP contribution < -0.4 is 10.1 Å². The molecule has 0 unspecified atom stereocenters. The molecule has 0 spiro atoms. The fourth-order valence-corrected chi connectivity index (χ4v) is 2.74. The van der Waals surface area contributed by atoms with Crippen molar-refractivity contribution in [3.8, 4) is 17.2 Å². The Hall–Kier alpha value is -3.26. The summed E-state index contributed by atoms with van der Waals surface area (Å²) in [7, 11) is 3.35. The summed E-state index contributed by atoms with van der Waals surface area (Å²) in [5.74, 6) is 0.853. The van der Waals surface area contributed by atoms with Gasteiger partial charge in [-0.05, 0) is 42.9 Å². The van der Waals surface area contributed by atoms with Crippen LogP contribution in [0, 0.1) is 12.7 Å². The number of aromatic nitrogens is 2. The summed E-state index contributed by atoms with van der Waals surface area (Å²) in [6.07, 6.45) is 0. The number of amides is 1. The number of halogens is 1. The Morgan fingerprint density at radius 1 is 1.21 bits per heavy atom. The molecule has 0 radical (unpaired) electrons. The summed E-state index contributed by atoms with van der Waals surface area (Å²) in [6.45, 7) is 2.39. The molecule has 0 atom stereocenters. The van der Waals surface area contributed by atoms with Crippen molar-refractivity contribution in [1.82, 2.24) is 15.1 Å². The van der Waals surface area contributed by atoms with Crippen molar-refractivity contribution in [3.63, 3.8) is 0 Å². The average Bonchev–Trinajstić information content (AvgIpc) is 3.10. The van der Waals surface area contributed by atoms with Gasteiger partial charge in [-0.3, -0.25) is 9.69 Å². The van der Waals surface area contributed by atoms with Gasteiger partial charge in [-0.25, -0.2) is 4.39 Å². The molecule has 3 rings (SSSR count). The van der Waals surface area contributed by atoms with Gasteiger partial charge >= 0.3 is 0 Å². The van der Waals surface area contributed by atoms with Gasteiger partial charge in [0, 0.05) is 19.0 Å². The van der Waals surface area contributed by atoms with Crippen LogP contribution in [0.25, 0.3) is 11.5 Å². The van der Waals surface area contributed by atoms with E-state index < -0.39 is 0 Å². The number of nitrogens with zero attached hydrogens (tertiary/aromatic N) is 3. The molecule has 0 fully saturated rings. The Labute approximate surface area is 162 Å². The Kier molecular flexibility index (Phi) is 6.00. The van der Waals surface area contributed by atoms with Gasteiger partial charge in [-0.15, -0.1) is 10.2 Å². The normalized spacial score (nSPS) is 10.9. The van der Waals surface area contributed by atoms with Gasteiger partial charge in [0.2, 0.25) is 17.7 Å². The molecule has 1 amide bonds. The third-order valence-corrected chi connectivity index (χ3v) is 4.03. The average molecular weight is 384 g/mol. The van der Waals surface area contributed by atoms with Crippen LogP contribution in [0.2, 0.25) is 0 Å². The number of ether oxygens (including phenoxy) is 1. The number of rotatable bonds is 7. The standard InChI is InChI=1S/C20H21FN4O3/c1-13-23-24-20(28-13)15-6-9-18(27-3)17(10-15)22-19(26)12-25(2)11-14-4-7-16(21)8-5-14/h4-10H,11-12H2,1-3H3,(H,22,26). The number of benzene rings is 2. The molecule has 1 aromatic heterocycles. The quantitative estimate of drug-likeness (QED) is 0.673. The summed E-state index contributed by atoms with van der Waals surface area (Å²) >= 11 is 0. The van der Waals surface area contributed by atoms with Crippen molar-refractivity contribution < 1.29 is 18.3 Å². The summed E-state index contributed by atoms with van der Waals surface area (Å²) < 4.78 is 23.8.